The highest BCUT2D eigenvalue weighted by Gasteiger charge is 2.19. The van der Waals surface area contributed by atoms with Gasteiger partial charge < -0.3 is 10.6 Å². The summed E-state index contributed by atoms with van der Waals surface area (Å²) in [4.78, 5) is 6.26. The monoisotopic (exact) mass is 197 g/mol. The molecule has 4 heteroatoms. The van der Waals surface area contributed by atoms with Gasteiger partial charge in [0.1, 0.15) is 5.15 Å². The van der Waals surface area contributed by atoms with Crippen LogP contribution in [0.25, 0.3) is 0 Å². The van der Waals surface area contributed by atoms with Gasteiger partial charge in [0.25, 0.3) is 0 Å². The molecule has 2 heterocycles. The normalized spacial score (nSPS) is 22.3. The average Bonchev–Trinajstić information content (AvgIpc) is 2.53. The van der Waals surface area contributed by atoms with Crippen molar-refractivity contribution in [1.82, 2.24) is 4.98 Å². The molecule has 1 aliphatic heterocycles. The van der Waals surface area contributed by atoms with Crippen molar-refractivity contribution in [3.8, 4) is 0 Å². The van der Waals surface area contributed by atoms with E-state index in [0.717, 1.165) is 25.2 Å². The average molecular weight is 198 g/mol. The van der Waals surface area contributed by atoms with Gasteiger partial charge in [-0.25, -0.2) is 4.98 Å². The summed E-state index contributed by atoms with van der Waals surface area (Å²) < 4.78 is 0. The summed E-state index contributed by atoms with van der Waals surface area (Å²) in [5, 5.41) is 0.534. The minimum absolute atomic E-state index is 0.302. The number of rotatable bonds is 1. The SMILES string of the molecule is N[C@H]1CCN(c2ccc(Cl)nc2)C1. The topological polar surface area (TPSA) is 42.1 Å². The Hall–Kier alpha value is -0.800. The van der Waals surface area contributed by atoms with E-state index in [2.05, 4.69) is 9.88 Å². The molecule has 0 bridgehead atoms. The maximum Gasteiger partial charge on any atom is 0.129 e. The summed E-state index contributed by atoms with van der Waals surface area (Å²) in [6.07, 6.45) is 2.85. The fraction of sp³-hybridized carbons (Fsp3) is 0.444. The first-order valence-electron chi connectivity index (χ1n) is 4.38. The van der Waals surface area contributed by atoms with E-state index in [1.165, 1.54) is 0 Å². The molecule has 1 aliphatic rings. The smallest absolute Gasteiger partial charge is 0.129 e. The van der Waals surface area contributed by atoms with Crippen LogP contribution >= 0.6 is 11.6 Å². The Morgan fingerprint density at radius 2 is 2.38 bits per heavy atom. The summed E-state index contributed by atoms with van der Waals surface area (Å²) >= 11 is 5.69. The fourth-order valence-electron chi connectivity index (χ4n) is 1.58. The molecule has 70 valence electrons. The van der Waals surface area contributed by atoms with Crippen LogP contribution in [-0.4, -0.2) is 24.1 Å². The highest BCUT2D eigenvalue weighted by atomic mass is 35.5. The van der Waals surface area contributed by atoms with Gasteiger partial charge in [-0.05, 0) is 18.6 Å². The largest absolute Gasteiger partial charge is 0.369 e. The number of nitrogens with two attached hydrogens (primary N) is 1. The lowest BCUT2D eigenvalue weighted by molar-refractivity contribution is 0.752. The maximum absolute atomic E-state index is 5.80. The third kappa shape index (κ3) is 1.92. The summed E-state index contributed by atoms with van der Waals surface area (Å²) in [5.41, 5.74) is 6.91. The quantitative estimate of drug-likeness (QED) is 0.690. The van der Waals surface area contributed by atoms with Gasteiger partial charge in [-0.2, -0.15) is 0 Å². The van der Waals surface area contributed by atoms with Crippen molar-refractivity contribution in [3.05, 3.63) is 23.5 Å². The second-order valence-corrected chi connectivity index (χ2v) is 3.72. The Kier molecular flexibility index (Phi) is 2.38. The van der Waals surface area contributed by atoms with Crippen molar-refractivity contribution in [1.29, 1.82) is 0 Å². The summed E-state index contributed by atoms with van der Waals surface area (Å²) in [6.45, 7) is 1.94. The number of anilines is 1. The van der Waals surface area contributed by atoms with E-state index in [0.29, 0.717) is 11.2 Å². The van der Waals surface area contributed by atoms with Gasteiger partial charge in [-0.1, -0.05) is 11.6 Å². The van der Waals surface area contributed by atoms with Gasteiger partial charge in [0.15, 0.2) is 0 Å². The molecule has 0 radical (unpaired) electrons. The molecule has 0 aromatic carbocycles. The van der Waals surface area contributed by atoms with E-state index < -0.39 is 0 Å². The molecule has 1 atom stereocenters. The number of hydrogen-bond donors (Lipinski definition) is 1. The van der Waals surface area contributed by atoms with Crippen LogP contribution in [0.5, 0.6) is 0 Å². The third-order valence-electron chi connectivity index (χ3n) is 2.30. The Labute approximate surface area is 82.5 Å². The van der Waals surface area contributed by atoms with Gasteiger partial charge in [0.2, 0.25) is 0 Å². The molecule has 1 saturated heterocycles. The summed E-state index contributed by atoms with van der Waals surface area (Å²) in [7, 11) is 0. The maximum atomic E-state index is 5.80. The number of nitrogens with zero attached hydrogens (tertiary/aromatic N) is 2. The van der Waals surface area contributed by atoms with Crippen LogP contribution in [0.2, 0.25) is 5.15 Å². The standard InChI is InChI=1S/C9H12ClN3/c10-9-2-1-8(5-12-9)13-4-3-7(11)6-13/h1-2,5,7H,3-4,6,11H2/t7-/m0/s1. The fourth-order valence-corrected chi connectivity index (χ4v) is 1.69. The third-order valence-corrected chi connectivity index (χ3v) is 2.53. The molecule has 3 nitrogen and oxygen atoms in total. The molecule has 2 N–H and O–H groups in total. The van der Waals surface area contributed by atoms with Gasteiger partial charge >= 0.3 is 0 Å². The van der Waals surface area contributed by atoms with E-state index in [1.807, 2.05) is 6.07 Å². The molecular weight excluding hydrogens is 186 g/mol. The molecule has 1 aromatic heterocycles. The predicted molar refractivity (Wildman–Crippen MR) is 54.1 cm³/mol. The first-order chi connectivity index (χ1) is 6.25. The van der Waals surface area contributed by atoms with Crippen molar-refractivity contribution in [2.24, 2.45) is 5.73 Å². The van der Waals surface area contributed by atoms with Gasteiger partial charge in [0, 0.05) is 19.1 Å². The molecule has 0 unspecified atom stereocenters. The molecule has 1 fully saturated rings. The van der Waals surface area contributed by atoms with Crippen molar-refractivity contribution in [2.75, 3.05) is 18.0 Å². The molecule has 0 saturated carbocycles. The highest BCUT2D eigenvalue weighted by molar-refractivity contribution is 6.29. The Bertz CT molecular complexity index is 285. The Morgan fingerprint density at radius 1 is 1.54 bits per heavy atom. The number of aromatic nitrogens is 1. The van der Waals surface area contributed by atoms with E-state index in [1.54, 1.807) is 12.3 Å². The highest BCUT2D eigenvalue weighted by Crippen LogP contribution is 2.19. The molecule has 0 spiro atoms. The molecule has 2 rings (SSSR count). The van der Waals surface area contributed by atoms with Crippen molar-refractivity contribution < 1.29 is 0 Å². The second-order valence-electron chi connectivity index (χ2n) is 3.33. The minimum Gasteiger partial charge on any atom is -0.369 e. The number of pyridine rings is 1. The lowest BCUT2D eigenvalue weighted by Gasteiger charge is -2.17. The molecule has 1 aromatic rings. The van der Waals surface area contributed by atoms with E-state index in [9.17, 15) is 0 Å². The summed E-state index contributed by atoms with van der Waals surface area (Å²) in [5.74, 6) is 0. The molecule has 13 heavy (non-hydrogen) atoms. The van der Waals surface area contributed by atoms with Crippen LogP contribution in [0, 0.1) is 0 Å². The van der Waals surface area contributed by atoms with Crippen molar-refractivity contribution >= 4 is 17.3 Å². The molecular formula is C9H12ClN3. The number of hydrogen-bond acceptors (Lipinski definition) is 3. The minimum atomic E-state index is 0.302. The second kappa shape index (κ2) is 3.52. The van der Waals surface area contributed by atoms with Crippen LogP contribution in [0.1, 0.15) is 6.42 Å². The van der Waals surface area contributed by atoms with E-state index in [4.69, 9.17) is 17.3 Å². The zero-order valence-electron chi connectivity index (χ0n) is 7.28. The van der Waals surface area contributed by atoms with Gasteiger partial charge in [0.05, 0.1) is 11.9 Å². The van der Waals surface area contributed by atoms with Crippen LogP contribution < -0.4 is 10.6 Å². The molecule has 0 amide bonds. The first kappa shape index (κ1) is 8.78. The van der Waals surface area contributed by atoms with Crippen molar-refractivity contribution in [2.45, 2.75) is 12.5 Å². The molecule has 0 aliphatic carbocycles. The van der Waals surface area contributed by atoms with Gasteiger partial charge in [-0.15, -0.1) is 0 Å². The Balaban J connectivity index is 2.13. The van der Waals surface area contributed by atoms with Crippen LogP contribution in [-0.2, 0) is 0 Å². The zero-order valence-corrected chi connectivity index (χ0v) is 8.04. The van der Waals surface area contributed by atoms with Crippen LogP contribution in [0.15, 0.2) is 18.3 Å². The van der Waals surface area contributed by atoms with Crippen molar-refractivity contribution in [3.63, 3.8) is 0 Å². The van der Waals surface area contributed by atoms with E-state index in [-0.39, 0.29) is 0 Å². The lowest BCUT2D eigenvalue weighted by Crippen LogP contribution is -2.26. The van der Waals surface area contributed by atoms with E-state index >= 15 is 0 Å². The van der Waals surface area contributed by atoms with Crippen LogP contribution in [0.3, 0.4) is 0 Å². The zero-order chi connectivity index (χ0) is 9.26. The van der Waals surface area contributed by atoms with Gasteiger partial charge in [-0.3, -0.25) is 0 Å². The summed E-state index contributed by atoms with van der Waals surface area (Å²) in [6, 6.07) is 4.09. The first-order valence-corrected chi connectivity index (χ1v) is 4.75. The lowest BCUT2D eigenvalue weighted by atomic mass is 10.3. The Morgan fingerprint density at radius 3 is 2.92 bits per heavy atom. The number of halogens is 1. The predicted octanol–water partition coefficient (Wildman–Crippen LogP) is 1.27. The van der Waals surface area contributed by atoms with Crippen LogP contribution in [0.4, 0.5) is 5.69 Å².